The fourth-order valence-electron chi connectivity index (χ4n) is 2.98. The van der Waals surface area contributed by atoms with Crippen molar-refractivity contribution in [2.45, 2.75) is 66.2 Å². The van der Waals surface area contributed by atoms with E-state index in [4.69, 9.17) is 4.74 Å². The number of aryl methyl sites for hydroxylation is 1. The summed E-state index contributed by atoms with van der Waals surface area (Å²) in [5.74, 6) is 3.39. The zero-order valence-electron chi connectivity index (χ0n) is 15.9. The number of hydrogen-bond acceptors (Lipinski definition) is 4. The molecule has 1 unspecified atom stereocenters. The quantitative estimate of drug-likeness (QED) is 0.334. The fourth-order valence-corrected chi connectivity index (χ4v) is 2.98. The van der Waals surface area contributed by atoms with E-state index in [1.54, 1.807) is 0 Å². The van der Waals surface area contributed by atoms with E-state index in [0.717, 1.165) is 63.1 Å². The molecule has 1 aliphatic heterocycles. The molecule has 1 aromatic heterocycles. The van der Waals surface area contributed by atoms with Gasteiger partial charge in [-0.05, 0) is 32.6 Å². The van der Waals surface area contributed by atoms with Crippen molar-refractivity contribution in [1.82, 2.24) is 25.4 Å². The second-order valence-electron chi connectivity index (χ2n) is 6.44. The van der Waals surface area contributed by atoms with E-state index in [1.165, 1.54) is 0 Å². The molecule has 1 atom stereocenters. The summed E-state index contributed by atoms with van der Waals surface area (Å²) >= 11 is 0. The molecule has 0 spiro atoms. The Bertz CT molecular complexity index is 531. The third-order valence-electron chi connectivity index (χ3n) is 4.25. The van der Waals surface area contributed by atoms with Gasteiger partial charge in [0.05, 0.1) is 6.10 Å². The highest BCUT2D eigenvalue weighted by Gasteiger charge is 2.17. The molecule has 0 saturated heterocycles. The first-order chi connectivity index (χ1) is 11.7. The highest BCUT2D eigenvalue weighted by molar-refractivity contribution is 14.0. The van der Waals surface area contributed by atoms with Crippen molar-refractivity contribution >= 4 is 29.9 Å². The summed E-state index contributed by atoms with van der Waals surface area (Å²) in [6.45, 7) is 12.5. The Morgan fingerprint density at radius 2 is 2.08 bits per heavy atom. The molecule has 0 aliphatic carbocycles. The summed E-state index contributed by atoms with van der Waals surface area (Å²) in [4.78, 5) is 4.65. The van der Waals surface area contributed by atoms with Crippen LogP contribution in [0, 0.1) is 5.92 Å². The number of guanidine groups is 1. The summed E-state index contributed by atoms with van der Waals surface area (Å²) in [5.41, 5.74) is 0. The second kappa shape index (κ2) is 11.7. The molecule has 144 valence electrons. The molecular formula is C17H33IN6O. The average molecular weight is 464 g/mol. The van der Waals surface area contributed by atoms with Gasteiger partial charge in [0, 0.05) is 32.7 Å². The molecule has 0 saturated carbocycles. The summed E-state index contributed by atoms with van der Waals surface area (Å²) in [6, 6.07) is 0. The summed E-state index contributed by atoms with van der Waals surface area (Å²) in [7, 11) is 0. The standard InChI is InChI=1S/C17H32N6O.HI/c1-5-18-17(19-10-9-14(13(3)4)24-6-2)20-12-16-22-21-15-8-7-11-23(15)16;/h13-14H,5-12H2,1-4H3,(H2,18,19,20);1H. The van der Waals surface area contributed by atoms with Gasteiger partial charge in [-0.1, -0.05) is 13.8 Å². The number of rotatable bonds is 9. The van der Waals surface area contributed by atoms with Crippen molar-refractivity contribution in [3.05, 3.63) is 11.6 Å². The fraction of sp³-hybridized carbons (Fsp3) is 0.824. The minimum absolute atomic E-state index is 0. The van der Waals surface area contributed by atoms with Gasteiger partial charge in [0.25, 0.3) is 0 Å². The van der Waals surface area contributed by atoms with Crippen molar-refractivity contribution in [1.29, 1.82) is 0 Å². The number of halogens is 1. The zero-order chi connectivity index (χ0) is 17.4. The van der Waals surface area contributed by atoms with Crippen LogP contribution in [0.1, 0.15) is 52.2 Å². The lowest BCUT2D eigenvalue weighted by molar-refractivity contribution is 0.0258. The number of fused-ring (bicyclic) bond motifs is 1. The van der Waals surface area contributed by atoms with Crippen LogP contribution in [0.3, 0.4) is 0 Å². The van der Waals surface area contributed by atoms with Crippen molar-refractivity contribution in [3.8, 4) is 0 Å². The van der Waals surface area contributed by atoms with Crippen molar-refractivity contribution < 1.29 is 4.74 Å². The summed E-state index contributed by atoms with van der Waals surface area (Å²) < 4.78 is 7.98. The maximum atomic E-state index is 5.79. The van der Waals surface area contributed by atoms with Gasteiger partial charge in [0.15, 0.2) is 11.8 Å². The Hall–Kier alpha value is -0.900. The Morgan fingerprint density at radius 3 is 2.76 bits per heavy atom. The van der Waals surface area contributed by atoms with Crippen LogP contribution < -0.4 is 10.6 Å². The molecule has 2 heterocycles. The normalized spacial score (nSPS) is 15.0. The number of nitrogens with zero attached hydrogens (tertiary/aromatic N) is 4. The van der Waals surface area contributed by atoms with Gasteiger partial charge in [-0.15, -0.1) is 34.2 Å². The van der Waals surface area contributed by atoms with E-state index in [1.807, 2.05) is 6.92 Å². The van der Waals surface area contributed by atoms with Crippen LogP contribution in [0.2, 0.25) is 0 Å². The predicted molar refractivity (Wildman–Crippen MR) is 111 cm³/mol. The molecule has 1 aliphatic rings. The molecule has 0 aromatic carbocycles. The van der Waals surface area contributed by atoms with Crippen LogP contribution in [-0.4, -0.2) is 46.5 Å². The lowest BCUT2D eigenvalue weighted by atomic mass is 10.0. The highest BCUT2D eigenvalue weighted by atomic mass is 127. The molecule has 2 rings (SSSR count). The van der Waals surface area contributed by atoms with Crippen LogP contribution in [0.25, 0.3) is 0 Å². The van der Waals surface area contributed by atoms with Crippen molar-refractivity contribution in [3.63, 3.8) is 0 Å². The van der Waals surface area contributed by atoms with Crippen LogP contribution in [-0.2, 0) is 24.2 Å². The number of aliphatic imine (C=N–C) groups is 1. The maximum absolute atomic E-state index is 5.79. The van der Waals surface area contributed by atoms with Crippen molar-refractivity contribution in [2.75, 3.05) is 19.7 Å². The first-order valence-corrected chi connectivity index (χ1v) is 9.20. The number of nitrogens with one attached hydrogen (secondary N) is 2. The van der Waals surface area contributed by atoms with Crippen molar-refractivity contribution in [2.24, 2.45) is 10.9 Å². The smallest absolute Gasteiger partial charge is 0.191 e. The predicted octanol–water partition coefficient (Wildman–Crippen LogP) is 2.35. The SMILES string of the molecule is CCNC(=NCc1nnc2n1CCC2)NCCC(OCC)C(C)C.I. The molecule has 8 heteroatoms. The molecule has 1 aromatic rings. The zero-order valence-corrected chi connectivity index (χ0v) is 18.2. The Labute approximate surface area is 168 Å². The average Bonchev–Trinajstić information content (AvgIpc) is 3.15. The Balaban J connectivity index is 0.00000312. The van der Waals surface area contributed by atoms with Gasteiger partial charge in [0.1, 0.15) is 12.4 Å². The largest absolute Gasteiger partial charge is 0.378 e. The molecule has 0 amide bonds. The highest BCUT2D eigenvalue weighted by Crippen LogP contribution is 2.14. The van der Waals surface area contributed by atoms with Gasteiger partial charge in [0.2, 0.25) is 0 Å². The summed E-state index contributed by atoms with van der Waals surface area (Å²) in [6.07, 6.45) is 3.44. The van der Waals surface area contributed by atoms with Gasteiger partial charge < -0.3 is 19.9 Å². The minimum Gasteiger partial charge on any atom is -0.378 e. The molecule has 7 nitrogen and oxygen atoms in total. The number of hydrogen-bond donors (Lipinski definition) is 2. The maximum Gasteiger partial charge on any atom is 0.191 e. The van der Waals surface area contributed by atoms with Gasteiger partial charge in [-0.2, -0.15) is 0 Å². The first-order valence-electron chi connectivity index (χ1n) is 9.20. The van der Waals surface area contributed by atoms with E-state index < -0.39 is 0 Å². The van der Waals surface area contributed by atoms with Crippen LogP contribution in [0.15, 0.2) is 4.99 Å². The second-order valence-corrected chi connectivity index (χ2v) is 6.44. The van der Waals surface area contributed by atoms with Gasteiger partial charge in [-0.3, -0.25) is 0 Å². The molecule has 0 fully saturated rings. The molecule has 0 bridgehead atoms. The van der Waals surface area contributed by atoms with E-state index >= 15 is 0 Å². The number of aromatic nitrogens is 3. The van der Waals surface area contributed by atoms with Crippen LogP contribution >= 0.6 is 24.0 Å². The lowest BCUT2D eigenvalue weighted by Crippen LogP contribution is -2.39. The van der Waals surface area contributed by atoms with E-state index in [9.17, 15) is 0 Å². The topological polar surface area (TPSA) is 76.4 Å². The molecule has 0 radical (unpaired) electrons. The minimum atomic E-state index is 0. The van der Waals surface area contributed by atoms with Gasteiger partial charge in [-0.25, -0.2) is 4.99 Å². The van der Waals surface area contributed by atoms with Gasteiger partial charge >= 0.3 is 0 Å². The monoisotopic (exact) mass is 464 g/mol. The van der Waals surface area contributed by atoms with E-state index in [-0.39, 0.29) is 30.1 Å². The first kappa shape index (κ1) is 22.1. The molecule has 2 N–H and O–H groups in total. The third-order valence-corrected chi connectivity index (χ3v) is 4.25. The third kappa shape index (κ3) is 6.73. The summed E-state index contributed by atoms with van der Waals surface area (Å²) in [5, 5.41) is 15.2. The Morgan fingerprint density at radius 1 is 1.28 bits per heavy atom. The van der Waals surface area contributed by atoms with Crippen LogP contribution in [0.4, 0.5) is 0 Å². The van der Waals surface area contributed by atoms with E-state index in [0.29, 0.717) is 12.5 Å². The molecular weight excluding hydrogens is 431 g/mol. The number of ether oxygens (including phenoxy) is 1. The molecule has 25 heavy (non-hydrogen) atoms. The van der Waals surface area contributed by atoms with Crippen LogP contribution in [0.5, 0.6) is 0 Å². The lowest BCUT2D eigenvalue weighted by Gasteiger charge is -2.21. The van der Waals surface area contributed by atoms with E-state index in [2.05, 4.69) is 51.2 Å². The Kier molecular flexibility index (Phi) is 10.3.